The van der Waals surface area contributed by atoms with Crippen LogP contribution in [0.25, 0.3) is 17.0 Å². The topological polar surface area (TPSA) is 161 Å². The summed E-state index contributed by atoms with van der Waals surface area (Å²) in [4.78, 5) is 56.5. The minimum Gasteiger partial charge on any atom is -0.480 e. The number of nitrogens with zero attached hydrogens (tertiary/aromatic N) is 2. The maximum atomic E-state index is 14.0. The van der Waals surface area contributed by atoms with Crippen LogP contribution in [0.3, 0.4) is 0 Å². The van der Waals surface area contributed by atoms with E-state index in [0.29, 0.717) is 45.1 Å². The standard InChI is InChI=1S/C33H45N5O6/c1-5-24-11-10-23-9-8-22(19-27(23)35-24)12-15-33(16-13-25(39)14-17-33)32(44)36-28(20(2)3)29(40)34-21(4)30(41)38-18-6-7-26(37-38)31(42)43/h8-12,15,19-21,25-26,28,37,39H,5-7,13-14,16-18H2,1-4H3,(H,34,40)(H,36,44)(H,42,43)/b15-12+/t21-,25?,26-,28-,33?/m0/s1. The Morgan fingerprint density at radius 2 is 1.80 bits per heavy atom. The lowest BCUT2D eigenvalue weighted by molar-refractivity contribution is -0.148. The average Bonchev–Trinajstić information content (AvgIpc) is 3.02. The molecule has 1 aliphatic carbocycles. The zero-order chi connectivity index (χ0) is 32.0. The van der Waals surface area contributed by atoms with Gasteiger partial charge in [-0.3, -0.25) is 29.2 Å². The number of aliphatic carboxylic acids is 1. The fourth-order valence-electron chi connectivity index (χ4n) is 5.86. The van der Waals surface area contributed by atoms with Crippen LogP contribution in [0.4, 0.5) is 0 Å². The van der Waals surface area contributed by atoms with E-state index in [2.05, 4.69) is 23.0 Å². The van der Waals surface area contributed by atoms with Gasteiger partial charge in [0.15, 0.2) is 0 Å². The number of aliphatic hydroxyl groups excluding tert-OH is 1. The molecular formula is C33H45N5O6. The summed E-state index contributed by atoms with van der Waals surface area (Å²) in [5.74, 6) is -2.57. The maximum absolute atomic E-state index is 14.0. The number of aryl methyl sites for hydroxylation is 1. The second kappa shape index (κ2) is 14.3. The lowest BCUT2D eigenvalue weighted by Crippen LogP contribution is -2.61. The van der Waals surface area contributed by atoms with Crippen molar-refractivity contribution in [3.8, 4) is 0 Å². The second-order valence-corrected chi connectivity index (χ2v) is 12.4. The Hall–Kier alpha value is -3.83. The molecule has 2 aromatic rings. The van der Waals surface area contributed by atoms with Crippen molar-refractivity contribution >= 4 is 40.7 Å². The molecule has 11 heteroatoms. The number of aliphatic hydroxyl groups is 1. The van der Waals surface area contributed by atoms with Crippen molar-refractivity contribution in [3.05, 3.63) is 47.7 Å². The number of hydrogen-bond acceptors (Lipinski definition) is 7. The van der Waals surface area contributed by atoms with Gasteiger partial charge in [-0.05, 0) is 75.5 Å². The third kappa shape index (κ3) is 7.81. The maximum Gasteiger partial charge on any atom is 0.322 e. The fourth-order valence-corrected chi connectivity index (χ4v) is 5.86. The van der Waals surface area contributed by atoms with Gasteiger partial charge in [-0.15, -0.1) is 0 Å². The molecule has 2 fully saturated rings. The van der Waals surface area contributed by atoms with E-state index in [0.717, 1.165) is 28.6 Å². The molecule has 1 saturated carbocycles. The molecule has 0 bridgehead atoms. The number of nitrogens with one attached hydrogen (secondary N) is 3. The zero-order valence-corrected chi connectivity index (χ0v) is 26.0. The Kier molecular flexibility index (Phi) is 10.7. The summed E-state index contributed by atoms with van der Waals surface area (Å²) in [5.41, 5.74) is 4.57. The Morgan fingerprint density at radius 1 is 1.09 bits per heavy atom. The average molecular weight is 608 g/mol. The third-order valence-corrected chi connectivity index (χ3v) is 8.75. The minimum atomic E-state index is -1.04. The molecule has 1 aliphatic heterocycles. The number of carboxylic acid groups (broad SMARTS) is 1. The lowest BCUT2D eigenvalue weighted by Gasteiger charge is -2.37. The molecule has 0 unspecified atom stereocenters. The molecule has 3 atom stereocenters. The largest absolute Gasteiger partial charge is 0.480 e. The first-order valence-electron chi connectivity index (χ1n) is 15.6. The number of aromatic nitrogens is 1. The predicted octanol–water partition coefficient (Wildman–Crippen LogP) is 2.96. The molecule has 0 radical (unpaired) electrons. The van der Waals surface area contributed by atoms with Crippen LogP contribution >= 0.6 is 0 Å². The quantitative estimate of drug-likeness (QED) is 0.276. The lowest BCUT2D eigenvalue weighted by atomic mass is 9.71. The minimum absolute atomic E-state index is 0.278. The molecule has 11 nitrogen and oxygen atoms in total. The molecule has 238 valence electrons. The van der Waals surface area contributed by atoms with E-state index < -0.39 is 47.4 Å². The van der Waals surface area contributed by atoms with Gasteiger partial charge in [-0.1, -0.05) is 51.1 Å². The van der Waals surface area contributed by atoms with E-state index in [1.54, 1.807) is 6.92 Å². The van der Waals surface area contributed by atoms with Gasteiger partial charge >= 0.3 is 5.97 Å². The summed E-state index contributed by atoms with van der Waals surface area (Å²) in [6.45, 7) is 7.57. The van der Waals surface area contributed by atoms with Crippen LogP contribution in [0.15, 0.2) is 36.4 Å². The van der Waals surface area contributed by atoms with E-state index in [1.807, 2.05) is 56.3 Å². The van der Waals surface area contributed by atoms with Crippen molar-refractivity contribution in [2.45, 2.75) is 96.9 Å². The van der Waals surface area contributed by atoms with Crippen molar-refractivity contribution in [2.75, 3.05) is 6.54 Å². The van der Waals surface area contributed by atoms with Gasteiger partial charge < -0.3 is 20.8 Å². The van der Waals surface area contributed by atoms with Crippen LogP contribution in [0.1, 0.15) is 77.5 Å². The van der Waals surface area contributed by atoms with Crippen molar-refractivity contribution in [3.63, 3.8) is 0 Å². The van der Waals surface area contributed by atoms with Crippen LogP contribution in [0, 0.1) is 11.3 Å². The number of hydrogen-bond donors (Lipinski definition) is 5. The smallest absolute Gasteiger partial charge is 0.322 e. The van der Waals surface area contributed by atoms with Crippen LogP contribution in [0.2, 0.25) is 0 Å². The number of benzene rings is 1. The van der Waals surface area contributed by atoms with E-state index in [9.17, 15) is 29.4 Å². The van der Waals surface area contributed by atoms with Gasteiger partial charge in [0.25, 0.3) is 5.91 Å². The molecule has 0 spiro atoms. The van der Waals surface area contributed by atoms with Crippen molar-refractivity contribution in [2.24, 2.45) is 11.3 Å². The third-order valence-electron chi connectivity index (χ3n) is 8.75. The Balaban J connectivity index is 1.49. The molecular weight excluding hydrogens is 562 g/mol. The summed E-state index contributed by atoms with van der Waals surface area (Å²) in [7, 11) is 0. The summed E-state index contributed by atoms with van der Waals surface area (Å²) in [6, 6.07) is 7.33. The van der Waals surface area contributed by atoms with Gasteiger partial charge in [-0.2, -0.15) is 0 Å². The van der Waals surface area contributed by atoms with E-state index in [-0.39, 0.29) is 11.8 Å². The predicted molar refractivity (Wildman–Crippen MR) is 167 cm³/mol. The monoisotopic (exact) mass is 607 g/mol. The summed E-state index contributed by atoms with van der Waals surface area (Å²) in [5, 5.41) is 27.5. The Morgan fingerprint density at radius 3 is 2.45 bits per heavy atom. The number of carboxylic acids is 1. The Labute approximate surface area is 258 Å². The summed E-state index contributed by atoms with van der Waals surface area (Å²) < 4.78 is 0. The van der Waals surface area contributed by atoms with Gasteiger partial charge in [0.05, 0.1) is 17.0 Å². The van der Waals surface area contributed by atoms with Gasteiger partial charge in [-0.25, -0.2) is 5.43 Å². The van der Waals surface area contributed by atoms with E-state index in [4.69, 9.17) is 4.98 Å². The van der Waals surface area contributed by atoms with Crippen LogP contribution in [-0.2, 0) is 25.6 Å². The van der Waals surface area contributed by atoms with Crippen LogP contribution < -0.4 is 16.1 Å². The molecule has 3 amide bonds. The van der Waals surface area contributed by atoms with Gasteiger partial charge in [0, 0.05) is 17.6 Å². The number of pyridine rings is 1. The highest BCUT2D eigenvalue weighted by molar-refractivity contribution is 5.94. The van der Waals surface area contributed by atoms with Crippen molar-refractivity contribution in [1.82, 2.24) is 26.1 Å². The molecule has 1 aromatic carbocycles. The highest BCUT2D eigenvalue weighted by atomic mass is 16.4. The van der Waals surface area contributed by atoms with E-state index in [1.165, 1.54) is 5.01 Å². The molecule has 2 heterocycles. The highest BCUT2D eigenvalue weighted by Crippen LogP contribution is 2.39. The first kappa shape index (κ1) is 33.1. The number of carbonyl (C=O) groups excluding carboxylic acids is 3. The molecule has 1 saturated heterocycles. The first-order valence-corrected chi connectivity index (χ1v) is 15.6. The van der Waals surface area contributed by atoms with Gasteiger partial charge in [0.2, 0.25) is 11.8 Å². The molecule has 5 N–H and O–H groups in total. The summed E-state index contributed by atoms with van der Waals surface area (Å²) >= 11 is 0. The van der Waals surface area contributed by atoms with E-state index >= 15 is 0 Å². The van der Waals surface area contributed by atoms with Gasteiger partial charge in [0.1, 0.15) is 18.1 Å². The molecule has 2 aliphatic rings. The number of fused-ring (bicyclic) bond motifs is 1. The molecule has 4 rings (SSSR count). The SMILES string of the molecule is CCc1ccc2ccc(/C=C/C3(C(=O)N[C@H](C(=O)N[C@@H](C)C(=O)N4CCC[C@@H](C(=O)O)N4)C(C)C)CCC(O)CC3)cc2n1. The zero-order valence-electron chi connectivity index (χ0n) is 26.0. The first-order chi connectivity index (χ1) is 20.9. The van der Waals surface area contributed by atoms with Crippen molar-refractivity contribution < 1.29 is 29.4 Å². The number of carbonyl (C=O) groups is 4. The summed E-state index contributed by atoms with van der Waals surface area (Å²) in [6.07, 6.45) is 6.86. The number of hydrazine groups is 1. The molecule has 1 aromatic heterocycles. The Bertz CT molecular complexity index is 1400. The normalized spacial score (nSPS) is 23.8. The van der Waals surface area contributed by atoms with Crippen LogP contribution in [-0.4, -0.2) is 74.7 Å². The molecule has 44 heavy (non-hydrogen) atoms. The number of rotatable bonds is 10. The second-order valence-electron chi connectivity index (χ2n) is 12.4. The fraction of sp³-hybridized carbons (Fsp3) is 0.545. The van der Waals surface area contributed by atoms with Crippen LogP contribution in [0.5, 0.6) is 0 Å². The van der Waals surface area contributed by atoms with Crippen molar-refractivity contribution in [1.29, 1.82) is 0 Å². The number of amides is 3. The highest BCUT2D eigenvalue weighted by Gasteiger charge is 2.41.